The third kappa shape index (κ3) is 4.62. The number of hydrogen-bond acceptors (Lipinski definition) is 3. The second kappa shape index (κ2) is 8.39. The van der Waals surface area contributed by atoms with Gasteiger partial charge in [-0.25, -0.2) is 0 Å². The molecule has 1 unspecified atom stereocenters. The van der Waals surface area contributed by atoms with E-state index in [2.05, 4.69) is 24.4 Å². The average molecular weight is 327 g/mol. The van der Waals surface area contributed by atoms with Gasteiger partial charge in [-0.15, -0.1) is 12.4 Å². The van der Waals surface area contributed by atoms with E-state index in [1.54, 1.807) is 0 Å². The maximum atomic E-state index is 12.3. The van der Waals surface area contributed by atoms with Crippen molar-refractivity contribution < 1.29 is 9.53 Å². The molecular formula is C17H27ClN2O2. The standard InChI is InChI=1S/C17H26N2O2.ClH/c1-12-8-13(2)17(14(3)9-12)21-11-16(20)19-7-5-6-15(10-19)18-4;/h8-9,15,18H,5-7,10-11H2,1-4H3;1H. The first-order valence-corrected chi connectivity index (χ1v) is 7.67. The first kappa shape index (κ1) is 18.8. The molecule has 0 spiro atoms. The minimum Gasteiger partial charge on any atom is -0.483 e. The van der Waals surface area contributed by atoms with Crippen LogP contribution in [0.15, 0.2) is 12.1 Å². The molecule has 1 heterocycles. The Bertz CT molecular complexity index is 496. The molecule has 1 amide bonds. The van der Waals surface area contributed by atoms with Crippen LogP contribution in [0.1, 0.15) is 29.5 Å². The Hall–Kier alpha value is -1.26. The van der Waals surface area contributed by atoms with E-state index in [0.29, 0.717) is 6.04 Å². The molecule has 1 aromatic rings. The van der Waals surface area contributed by atoms with Crippen LogP contribution in [-0.2, 0) is 4.79 Å². The van der Waals surface area contributed by atoms with Crippen LogP contribution >= 0.6 is 12.4 Å². The lowest BCUT2D eigenvalue weighted by molar-refractivity contribution is -0.134. The van der Waals surface area contributed by atoms with Crippen molar-refractivity contribution in [1.29, 1.82) is 0 Å². The third-order valence-electron chi connectivity index (χ3n) is 4.13. The molecule has 0 aliphatic carbocycles. The second-order valence-corrected chi connectivity index (χ2v) is 5.98. The number of nitrogens with one attached hydrogen (secondary N) is 1. The Morgan fingerprint density at radius 3 is 2.55 bits per heavy atom. The van der Waals surface area contributed by atoms with Crippen LogP contribution in [0.25, 0.3) is 0 Å². The summed E-state index contributed by atoms with van der Waals surface area (Å²) in [6, 6.07) is 4.58. The van der Waals surface area contributed by atoms with Gasteiger partial charge in [-0.05, 0) is 51.8 Å². The van der Waals surface area contributed by atoms with Gasteiger partial charge in [0.1, 0.15) is 5.75 Å². The quantitative estimate of drug-likeness (QED) is 0.924. The lowest BCUT2D eigenvalue weighted by Gasteiger charge is -2.32. The maximum absolute atomic E-state index is 12.3. The number of rotatable bonds is 4. The number of halogens is 1. The van der Waals surface area contributed by atoms with Gasteiger partial charge in [0.15, 0.2) is 6.61 Å². The van der Waals surface area contributed by atoms with Crippen LogP contribution in [0, 0.1) is 20.8 Å². The second-order valence-electron chi connectivity index (χ2n) is 5.98. The van der Waals surface area contributed by atoms with E-state index in [0.717, 1.165) is 42.8 Å². The molecule has 124 valence electrons. The molecule has 1 atom stereocenters. The van der Waals surface area contributed by atoms with Gasteiger partial charge in [0.05, 0.1) is 0 Å². The fraction of sp³-hybridized carbons (Fsp3) is 0.588. The third-order valence-corrected chi connectivity index (χ3v) is 4.13. The van der Waals surface area contributed by atoms with E-state index in [4.69, 9.17) is 4.74 Å². The summed E-state index contributed by atoms with van der Waals surface area (Å²) < 4.78 is 5.79. The van der Waals surface area contributed by atoms with Crippen molar-refractivity contribution in [2.24, 2.45) is 0 Å². The number of piperidine rings is 1. The highest BCUT2D eigenvalue weighted by Crippen LogP contribution is 2.24. The Labute approximate surface area is 139 Å². The monoisotopic (exact) mass is 326 g/mol. The van der Waals surface area contributed by atoms with E-state index in [1.165, 1.54) is 5.56 Å². The number of nitrogens with zero attached hydrogens (tertiary/aromatic N) is 1. The van der Waals surface area contributed by atoms with Crippen molar-refractivity contribution in [3.8, 4) is 5.75 Å². The zero-order chi connectivity index (χ0) is 15.4. The maximum Gasteiger partial charge on any atom is 0.260 e. The molecule has 0 saturated carbocycles. The summed E-state index contributed by atoms with van der Waals surface area (Å²) in [4.78, 5) is 14.2. The van der Waals surface area contributed by atoms with Gasteiger partial charge >= 0.3 is 0 Å². The fourth-order valence-electron chi connectivity index (χ4n) is 3.06. The lowest BCUT2D eigenvalue weighted by Crippen LogP contribution is -2.48. The summed E-state index contributed by atoms with van der Waals surface area (Å²) >= 11 is 0. The van der Waals surface area contributed by atoms with E-state index in [1.807, 2.05) is 25.8 Å². The molecular weight excluding hydrogens is 300 g/mol. The van der Waals surface area contributed by atoms with E-state index < -0.39 is 0 Å². The van der Waals surface area contributed by atoms with Crippen LogP contribution in [0.3, 0.4) is 0 Å². The summed E-state index contributed by atoms with van der Waals surface area (Å²) in [6.07, 6.45) is 2.19. The SMILES string of the molecule is CNC1CCCN(C(=O)COc2c(C)cc(C)cc2C)C1.Cl. The van der Waals surface area contributed by atoms with Gasteiger partial charge in [0.25, 0.3) is 5.91 Å². The van der Waals surface area contributed by atoms with Gasteiger partial charge in [0, 0.05) is 19.1 Å². The molecule has 22 heavy (non-hydrogen) atoms. The van der Waals surface area contributed by atoms with E-state index >= 15 is 0 Å². The molecule has 1 fully saturated rings. The van der Waals surface area contributed by atoms with Crippen molar-refractivity contribution in [2.75, 3.05) is 26.7 Å². The highest BCUT2D eigenvalue weighted by Gasteiger charge is 2.23. The number of hydrogen-bond donors (Lipinski definition) is 1. The number of benzene rings is 1. The molecule has 0 aromatic heterocycles. The first-order valence-electron chi connectivity index (χ1n) is 7.67. The zero-order valence-electron chi connectivity index (χ0n) is 13.9. The number of carbonyl (C=O) groups is 1. The highest BCUT2D eigenvalue weighted by molar-refractivity contribution is 5.85. The highest BCUT2D eigenvalue weighted by atomic mass is 35.5. The van der Waals surface area contributed by atoms with Gasteiger partial charge in [-0.1, -0.05) is 17.7 Å². The molecule has 0 radical (unpaired) electrons. The van der Waals surface area contributed by atoms with Crippen molar-refractivity contribution in [2.45, 2.75) is 39.7 Å². The predicted octanol–water partition coefficient (Wildman–Crippen LogP) is 2.62. The lowest BCUT2D eigenvalue weighted by atomic mass is 10.1. The summed E-state index contributed by atoms with van der Waals surface area (Å²) in [6.45, 7) is 7.87. The normalized spacial score (nSPS) is 17.8. The van der Waals surface area contributed by atoms with Crippen molar-refractivity contribution >= 4 is 18.3 Å². The minimum atomic E-state index is 0. The Morgan fingerprint density at radius 1 is 1.32 bits per heavy atom. The largest absolute Gasteiger partial charge is 0.483 e. The van der Waals surface area contributed by atoms with Crippen LogP contribution in [0.4, 0.5) is 0 Å². The predicted molar refractivity (Wildman–Crippen MR) is 92.1 cm³/mol. The minimum absolute atomic E-state index is 0. The van der Waals surface area contributed by atoms with Crippen molar-refractivity contribution in [3.05, 3.63) is 28.8 Å². The smallest absolute Gasteiger partial charge is 0.260 e. The number of aryl methyl sites for hydroxylation is 3. The van der Waals surface area contributed by atoms with Crippen LogP contribution in [0.5, 0.6) is 5.75 Å². The van der Waals surface area contributed by atoms with Gasteiger partial charge in [0.2, 0.25) is 0 Å². The number of likely N-dealkylation sites (N-methyl/N-ethyl adjacent to an activating group) is 1. The topological polar surface area (TPSA) is 41.6 Å². The summed E-state index contributed by atoms with van der Waals surface area (Å²) in [5.41, 5.74) is 3.40. The van der Waals surface area contributed by atoms with Gasteiger partial charge in [-0.3, -0.25) is 4.79 Å². The molecule has 1 N–H and O–H groups in total. The fourth-order valence-corrected chi connectivity index (χ4v) is 3.06. The summed E-state index contributed by atoms with van der Waals surface area (Å²) in [5, 5.41) is 3.25. The molecule has 2 rings (SSSR count). The molecule has 4 nitrogen and oxygen atoms in total. The van der Waals surface area contributed by atoms with Gasteiger partial charge in [-0.2, -0.15) is 0 Å². The number of amides is 1. The summed E-state index contributed by atoms with van der Waals surface area (Å²) in [7, 11) is 1.95. The molecule has 0 bridgehead atoms. The zero-order valence-corrected chi connectivity index (χ0v) is 14.8. The number of carbonyl (C=O) groups excluding carboxylic acids is 1. The molecule has 1 saturated heterocycles. The Kier molecular flexibility index (Phi) is 7.17. The average Bonchev–Trinajstić information content (AvgIpc) is 2.46. The molecule has 1 aliphatic heterocycles. The van der Waals surface area contributed by atoms with Crippen molar-refractivity contribution in [1.82, 2.24) is 10.2 Å². The molecule has 1 aromatic carbocycles. The van der Waals surface area contributed by atoms with E-state index in [-0.39, 0.29) is 24.9 Å². The Morgan fingerprint density at radius 2 is 1.95 bits per heavy atom. The Balaban J connectivity index is 0.00000242. The van der Waals surface area contributed by atoms with E-state index in [9.17, 15) is 4.79 Å². The molecule has 5 heteroatoms. The van der Waals surface area contributed by atoms with Crippen molar-refractivity contribution in [3.63, 3.8) is 0 Å². The first-order chi connectivity index (χ1) is 10.0. The number of ether oxygens (including phenoxy) is 1. The van der Waals surface area contributed by atoms with Crippen LogP contribution < -0.4 is 10.1 Å². The molecule has 1 aliphatic rings. The van der Waals surface area contributed by atoms with Crippen LogP contribution in [-0.4, -0.2) is 43.6 Å². The number of likely N-dealkylation sites (tertiary alicyclic amines) is 1. The summed E-state index contributed by atoms with van der Waals surface area (Å²) in [5.74, 6) is 0.922. The van der Waals surface area contributed by atoms with Gasteiger partial charge < -0.3 is 15.0 Å². The van der Waals surface area contributed by atoms with Crippen LogP contribution in [0.2, 0.25) is 0 Å².